The third kappa shape index (κ3) is 34.7. The summed E-state index contributed by atoms with van der Waals surface area (Å²) in [6, 6.07) is -12.4. The molecule has 8 saturated heterocycles. The van der Waals surface area contributed by atoms with Crippen LogP contribution in [0.5, 0.6) is 0 Å². The first-order valence-corrected chi connectivity index (χ1v) is 53.1. The Kier molecular flexibility index (Phi) is 39.7. The number of hydrogen-bond acceptors (Lipinski definition) is 61. The minimum absolute atomic E-state index is 1.04. The van der Waals surface area contributed by atoms with Crippen LogP contribution in [0.25, 0.3) is 0 Å². The largest absolute Gasteiger partial charge is 0.479 e. The molecule has 0 unspecified atom stereocenters. The van der Waals surface area contributed by atoms with Gasteiger partial charge in [0.2, 0.25) is 0 Å². The summed E-state index contributed by atoms with van der Waals surface area (Å²) in [5.74, 6) is -10.4. The molecule has 81 nitrogen and oxygen atoms in total. The van der Waals surface area contributed by atoms with Crippen LogP contribution in [0.3, 0.4) is 0 Å². The number of hydrogen-bond donors (Lipinski definition) is 30. The van der Waals surface area contributed by atoms with Gasteiger partial charge in [0, 0.05) is 0 Å². The van der Waals surface area contributed by atoms with E-state index in [0.717, 1.165) is 18.9 Å². The van der Waals surface area contributed by atoms with Gasteiger partial charge in [0.05, 0.1) is 26.4 Å². The van der Waals surface area contributed by atoms with Crippen molar-refractivity contribution in [1.29, 1.82) is 0 Å². The van der Waals surface area contributed by atoms with Crippen LogP contribution in [-0.4, -0.2) is 523 Å². The zero-order valence-corrected chi connectivity index (χ0v) is 77.1. The maximum absolute atomic E-state index is 13.5. The van der Waals surface area contributed by atoms with Crippen molar-refractivity contribution >= 4 is 148 Å². The molecule has 0 amide bonds. The fraction of sp³-hybridized carbons (Fsp3) is 0.917. The summed E-state index contributed by atoms with van der Waals surface area (Å²) in [6.07, 6.45) is -116. The lowest BCUT2D eigenvalue weighted by Gasteiger charge is -2.51. The van der Waals surface area contributed by atoms with Gasteiger partial charge in [0.1, 0.15) is 146 Å². The number of carboxylic acid groups (broad SMARTS) is 4. The molecule has 40 atom stereocenters. The summed E-state index contributed by atoms with van der Waals surface area (Å²) in [7, 11) is -73.3. The molecule has 0 radical (unpaired) electrons. The fourth-order valence-corrected chi connectivity index (χ4v) is 19.7. The SMILES string of the molecule is O=C(O)[C@@H]1O[C@@H](O[C@H]2[C@H](O)[C@@H](NS(=O)(=O)O)[C@@H](O[C@H]3[C@H](O)[C@@H](OS(=O)(=O)O)[C@H](O[C@H]4[C@H](O)[C@@H](NS(=O)(=O)O)[C@@H](O[C@H]5[C@H](O)[C@@H](OS(=O)(=O)O)[C@H](O[C@H]6[C@H](O)[C@@H](NS(=O)(=O)O)[C@@H](O[C@H]7[C@H](O)[C@@H](OS(=O)(=O)O)[C@H](O[C@H]8[C@H](O)[C@@H](NS(=O)(=O)O)[C@@H](O)O[C@@H]8COS(=O)(=O)O)O[C@H]7C(=O)O)O[C@@H]6COS(=O)(=O)O)O[C@H]5C(=O)O)O[C@@H]4COS(=O)(=O)O)O[C@H]3C(=O)O)O[C@@H]2COS(=O)(=O)O)[C@H](OS(=O)(=O)O)[C@@H](O)[C@@H]1O. The fourth-order valence-electron chi connectivity index (χ4n) is 14.1. The van der Waals surface area contributed by atoms with Crippen LogP contribution in [-0.2, 0) is 248 Å². The van der Waals surface area contributed by atoms with Gasteiger partial charge in [-0.1, -0.05) is 0 Å². The van der Waals surface area contributed by atoms with Crippen molar-refractivity contribution in [2.45, 2.75) is 245 Å². The van der Waals surface area contributed by atoms with Gasteiger partial charge >= 0.3 is 148 Å². The van der Waals surface area contributed by atoms with Crippen LogP contribution in [0.4, 0.5) is 0 Å². The Balaban J connectivity index is 1.15. The van der Waals surface area contributed by atoms with Gasteiger partial charge in [0.15, 0.2) is 99.2 Å². The van der Waals surface area contributed by atoms with E-state index in [9.17, 15) is 246 Å². The molecular weight excluding hydrogens is 2250 g/mol. The third-order valence-electron chi connectivity index (χ3n) is 19.4. The van der Waals surface area contributed by atoms with Gasteiger partial charge in [-0.05, 0) is 0 Å². The van der Waals surface area contributed by atoms with E-state index in [2.05, 4.69) is 33.5 Å². The van der Waals surface area contributed by atoms with Gasteiger partial charge in [-0.3, -0.25) is 54.6 Å². The molecule has 0 aromatic heterocycles. The lowest BCUT2D eigenvalue weighted by molar-refractivity contribution is -0.378. The zero-order chi connectivity index (χ0) is 107. The average Bonchev–Trinajstić information content (AvgIpc) is 0.751. The molecule has 0 aliphatic carbocycles. The predicted octanol–water partition coefficient (Wildman–Crippen LogP) is -21.9. The van der Waals surface area contributed by atoms with E-state index >= 15 is 0 Å². The van der Waals surface area contributed by atoms with Crippen molar-refractivity contribution in [1.82, 2.24) is 18.9 Å². The average molecular weight is 2330 g/mol. The summed E-state index contributed by atoms with van der Waals surface area (Å²) in [6.45, 7) is -8.01. The van der Waals surface area contributed by atoms with Crippen molar-refractivity contribution in [3.05, 3.63) is 0 Å². The molecular formula is C48H78N4O77S12. The molecule has 8 rings (SSSR count). The number of nitrogens with one attached hydrogen (secondary N) is 4. The molecule has 30 N–H and O–H groups in total. The van der Waals surface area contributed by atoms with Crippen molar-refractivity contribution < 1.29 is 351 Å². The molecule has 8 heterocycles. The van der Waals surface area contributed by atoms with Gasteiger partial charge in [-0.25, -0.2) is 52.6 Å². The molecule has 0 bridgehead atoms. The molecule has 0 saturated carbocycles. The van der Waals surface area contributed by atoms with Crippen molar-refractivity contribution in [2.24, 2.45) is 0 Å². The molecule has 0 aromatic carbocycles. The highest BCUT2D eigenvalue weighted by Gasteiger charge is 2.65. The van der Waals surface area contributed by atoms with Crippen molar-refractivity contribution in [2.75, 3.05) is 26.4 Å². The van der Waals surface area contributed by atoms with E-state index in [-0.39, 0.29) is 0 Å². The van der Waals surface area contributed by atoms with Crippen LogP contribution in [0, 0.1) is 0 Å². The molecule has 141 heavy (non-hydrogen) atoms. The Morgan fingerprint density at radius 2 is 0.404 bits per heavy atom. The molecule has 8 aliphatic rings. The standard InChI is InChI=1S/C48H78N4O77S12/c53-13-9(49-130(71,72)73)41(70)111-5(1-107-134(83,84)85)22(13)115-46-31(127-139(98,99)100)19(59)26(34(123-46)38(64)65)119-43-11(51-132(77,78)79)15(55)24(7(113-43)3-109-136(89,90)91)117-48-33(129-141(104,105)106)21(61)28(36(125-48)40(68)69)121-44-12(52-133(80,81)82)16(56)25(8(114-44)4-110-137(92,93)94)118-47-32(128-140(101,102)103)20(60)27(35(124-47)39(66)67)120-42-10(50-131(74,75)76)14(54)23(6(112-42)2-108-135(86,87)88)116-45-30(126-138(95,96)97)18(58)17(57)29(122-45)37(62)63/h5-36,41-61,70H,1-4H2,(H,62,63)(H,64,65)(H,66,67)(H,68,69)(H,71,72,73)(H,74,75,76)(H,77,78,79)(H,80,81,82)(H,83,84,85)(H,86,87,88)(H,89,90,91)(H,92,93,94)(H,95,96,97)(H,98,99,100)(H,101,102,103)(H,104,105,106)/t5-,6-,7-,8-,9-,10-,11-,12-,13-,14-,15-,16-,17+,18+,19+,20+,21+,22-,23-,24-,25-,26+,27+,28+,29-,30-,31-,32-,33-,34-,35-,36-,41+,42-,43-,44-,45-,46-,47-,48-/m1/s1. The highest BCUT2D eigenvalue weighted by atomic mass is 32.3. The Hall–Kier alpha value is -4.68. The summed E-state index contributed by atoms with van der Waals surface area (Å²) < 4.78 is 531. The number of carboxylic acids is 4. The highest BCUT2D eigenvalue weighted by molar-refractivity contribution is 7.85. The first-order chi connectivity index (χ1) is 63.8. The molecule has 824 valence electrons. The molecule has 93 heteroatoms. The van der Waals surface area contributed by atoms with E-state index in [1.165, 1.54) is 0 Å². The van der Waals surface area contributed by atoms with Gasteiger partial charge in [-0.15, -0.1) is 0 Å². The van der Waals surface area contributed by atoms with Gasteiger partial charge in [0.25, 0.3) is 0 Å². The zero-order valence-electron chi connectivity index (χ0n) is 67.3. The predicted molar refractivity (Wildman–Crippen MR) is 400 cm³/mol. The minimum atomic E-state index is -6.53. The van der Waals surface area contributed by atoms with E-state index in [4.69, 9.17) is 71.1 Å². The second-order valence-corrected chi connectivity index (χ2v) is 42.4. The van der Waals surface area contributed by atoms with Crippen LogP contribution >= 0.6 is 0 Å². The lowest BCUT2D eigenvalue weighted by atomic mass is 9.94. The van der Waals surface area contributed by atoms with E-state index in [1.807, 2.05) is 0 Å². The second-order valence-electron chi connectivity index (χ2n) is 29.1. The quantitative estimate of drug-likeness (QED) is 0.0252. The maximum atomic E-state index is 13.5. The van der Waals surface area contributed by atoms with Crippen molar-refractivity contribution in [3.8, 4) is 0 Å². The number of aliphatic carboxylic acids is 4. The Morgan fingerprint density at radius 1 is 0.213 bits per heavy atom. The molecule has 0 aromatic rings. The monoisotopic (exact) mass is 2330 g/mol. The second kappa shape index (κ2) is 46.0. The third-order valence-corrected chi connectivity index (χ3v) is 25.3. The normalized spacial score (nSPS) is 39.5. The highest BCUT2D eigenvalue weighted by Crippen LogP contribution is 2.42. The van der Waals surface area contributed by atoms with E-state index in [0.29, 0.717) is 0 Å². The van der Waals surface area contributed by atoms with Crippen molar-refractivity contribution in [3.63, 3.8) is 0 Å². The summed E-state index contributed by atoms with van der Waals surface area (Å²) in [4.78, 5) is 52.0. The van der Waals surface area contributed by atoms with E-state index < -0.39 is 420 Å². The number of aliphatic hydroxyl groups is 10. The number of ether oxygens (including phenoxy) is 15. The van der Waals surface area contributed by atoms with Crippen LogP contribution in [0.15, 0.2) is 0 Å². The summed E-state index contributed by atoms with van der Waals surface area (Å²) >= 11 is 0. The van der Waals surface area contributed by atoms with E-state index in [1.54, 1.807) is 0 Å². The van der Waals surface area contributed by atoms with Gasteiger partial charge in [-0.2, -0.15) is 120 Å². The first kappa shape index (κ1) is 122. The van der Waals surface area contributed by atoms with Gasteiger partial charge < -0.3 is 143 Å². The number of aliphatic hydroxyl groups excluding tert-OH is 10. The lowest BCUT2D eigenvalue weighted by Crippen LogP contribution is -2.71. The minimum Gasteiger partial charge on any atom is -0.479 e. The smallest absolute Gasteiger partial charge is 0.397 e. The summed E-state index contributed by atoms with van der Waals surface area (Å²) in [5, 5.41) is 157. The molecule has 8 aliphatic heterocycles. The Morgan fingerprint density at radius 3 is 0.610 bits per heavy atom. The maximum Gasteiger partial charge on any atom is 0.397 e. The molecule has 8 fully saturated rings. The Bertz CT molecular complexity index is 5880. The van der Waals surface area contributed by atoms with Crippen LogP contribution < -0.4 is 18.9 Å². The number of carbonyl (C=O) groups is 4. The number of rotatable bonds is 46. The van der Waals surface area contributed by atoms with Crippen LogP contribution in [0.2, 0.25) is 0 Å². The first-order valence-electron chi connectivity index (χ1n) is 36.4. The Labute approximate surface area is 785 Å². The molecule has 0 spiro atoms. The topological polar surface area (TPSA) is 1260 Å². The summed E-state index contributed by atoms with van der Waals surface area (Å²) in [5.41, 5.74) is 0. The van der Waals surface area contributed by atoms with Crippen LogP contribution in [0.1, 0.15) is 0 Å².